The van der Waals surface area contributed by atoms with Crippen LogP contribution in [-0.4, -0.2) is 25.2 Å². The second-order valence-electron chi connectivity index (χ2n) is 7.03. The first-order chi connectivity index (χ1) is 8.28. The molecule has 0 saturated carbocycles. The number of hydrogen-bond donors (Lipinski definition) is 1. The minimum Gasteiger partial charge on any atom is -0.368 e. The first-order valence-electron chi connectivity index (χ1n) is 6.88. The maximum atomic E-state index is 3.55. The number of piperazine rings is 1. The van der Waals surface area contributed by atoms with Crippen LogP contribution in [0.25, 0.3) is 0 Å². The Balaban J connectivity index is 2.15. The summed E-state index contributed by atoms with van der Waals surface area (Å²) in [5.74, 6) is 0. The maximum absolute atomic E-state index is 3.55. The number of nitrogens with zero attached hydrogens (tertiary/aromatic N) is 1. The summed E-state index contributed by atoms with van der Waals surface area (Å²) >= 11 is 0. The van der Waals surface area contributed by atoms with Crippen LogP contribution in [0.15, 0.2) is 24.3 Å². The van der Waals surface area contributed by atoms with Gasteiger partial charge in [-0.15, -0.1) is 0 Å². The van der Waals surface area contributed by atoms with Gasteiger partial charge in [0.15, 0.2) is 0 Å². The van der Waals surface area contributed by atoms with Gasteiger partial charge in [0.2, 0.25) is 0 Å². The fraction of sp³-hybridized carbons (Fsp3) is 0.625. The van der Waals surface area contributed by atoms with Crippen molar-refractivity contribution in [3.05, 3.63) is 29.8 Å². The highest BCUT2D eigenvalue weighted by Crippen LogP contribution is 2.26. The molecule has 100 valence electrons. The van der Waals surface area contributed by atoms with Crippen molar-refractivity contribution in [2.45, 2.75) is 45.6 Å². The van der Waals surface area contributed by atoms with E-state index in [-0.39, 0.29) is 11.0 Å². The predicted octanol–water partition coefficient (Wildman–Crippen LogP) is 3.17. The molecule has 1 saturated heterocycles. The standard InChI is InChI=1S/C16H26N2/c1-15(2,3)13-6-8-14(9-7-13)18-11-10-17-16(4,5)12-18/h6-9,17H,10-12H2,1-5H3. The van der Waals surface area contributed by atoms with E-state index >= 15 is 0 Å². The van der Waals surface area contributed by atoms with E-state index in [0.717, 1.165) is 19.6 Å². The van der Waals surface area contributed by atoms with Gasteiger partial charge in [0, 0.05) is 30.9 Å². The normalized spacial score (nSPS) is 19.9. The molecule has 18 heavy (non-hydrogen) atoms. The second kappa shape index (κ2) is 4.58. The molecule has 0 atom stereocenters. The number of benzene rings is 1. The summed E-state index contributed by atoms with van der Waals surface area (Å²) in [6, 6.07) is 9.07. The number of hydrogen-bond acceptors (Lipinski definition) is 2. The Bertz CT molecular complexity index is 398. The molecule has 1 fully saturated rings. The fourth-order valence-corrected chi connectivity index (χ4v) is 2.53. The second-order valence-corrected chi connectivity index (χ2v) is 7.03. The van der Waals surface area contributed by atoms with Crippen molar-refractivity contribution in [1.82, 2.24) is 5.32 Å². The molecule has 1 N–H and O–H groups in total. The fourth-order valence-electron chi connectivity index (χ4n) is 2.53. The quantitative estimate of drug-likeness (QED) is 0.819. The highest BCUT2D eigenvalue weighted by Gasteiger charge is 2.25. The molecule has 2 rings (SSSR count). The summed E-state index contributed by atoms with van der Waals surface area (Å²) in [7, 11) is 0. The van der Waals surface area contributed by atoms with Gasteiger partial charge >= 0.3 is 0 Å². The molecule has 0 bridgehead atoms. The molecular weight excluding hydrogens is 220 g/mol. The molecule has 0 spiro atoms. The van der Waals surface area contributed by atoms with Crippen LogP contribution in [0.3, 0.4) is 0 Å². The van der Waals surface area contributed by atoms with Crippen LogP contribution in [0.1, 0.15) is 40.2 Å². The lowest BCUT2D eigenvalue weighted by atomic mass is 9.87. The highest BCUT2D eigenvalue weighted by molar-refractivity contribution is 5.49. The molecule has 2 nitrogen and oxygen atoms in total. The van der Waals surface area contributed by atoms with Crippen LogP contribution in [0, 0.1) is 0 Å². The topological polar surface area (TPSA) is 15.3 Å². The molecule has 2 heteroatoms. The molecule has 1 heterocycles. The van der Waals surface area contributed by atoms with Gasteiger partial charge < -0.3 is 10.2 Å². The van der Waals surface area contributed by atoms with Crippen molar-refractivity contribution in [3.63, 3.8) is 0 Å². The lowest BCUT2D eigenvalue weighted by molar-refractivity contribution is 0.353. The Labute approximate surface area is 111 Å². The van der Waals surface area contributed by atoms with E-state index in [2.05, 4.69) is 69.1 Å². The third-order valence-electron chi connectivity index (χ3n) is 3.67. The van der Waals surface area contributed by atoms with E-state index in [4.69, 9.17) is 0 Å². The van der Waals surface area contributed by atoms with Gasteiger partial charge in [-0.25, -0.2) is 0 Å². The Hall–Kier alpha value is -1.02. The smallest absolute Gasteiger partial charge is 0.0367 e. The summed E-state index contributed by atoms with van der Waals surface area (Å²) in [6.07, 6.45) is 0. The van der Waals surface area contributed by atoms with Gasteiger partial charge in [-0.05, 0) is 37.0 Å². The molecule has 1 aromatic carbocycles. The Morgan fingerprint density at radius 3 is 2.22 bits per heavy atom. The average molecular weight is 246 g/mol. The van der Waals surface area contributed by atoms with Gasteiger partial charge in [0.25, 0.3) is 0 Å². The number of nitrogens with one attached hydrogen (secondary N) is 1. The van der Waals surface area contributed by atoms with Crippen molar-refractivity contribution < 1.29 is 0 Å². The molecule has 1 aliphatic heterocycles. The average Bonchev–Trinajstić information content (AvgIpc) is 2.27. The Morgan fingerprint density at radius 2 is 1.72 bits per heavy atom. The summed E-state index contributed by atoms with van der Waals surface area (Å²) < 4.78 is 0. The zero-order valence-corrected chi connectivity index (χ0v) is 12.4. The van der Waals surface area contributed by atoms with Gasteiger partial charge in [-0.3, -0.25) is 0 Å². The van der Waals surface area contributed by atoms with Gasteiger partial charge in [0.1, 0.15) is 0 Å². The molecule has 0 aliphatic carbocycles. The summed E-state index contributed by atoms with van der Waals surface area (Å²) in [5.41, 5.74) is 3.19. The first kappa shape index (κ1) is 13.4. The molecule has 0 radical (unpaired) electrons. The third-order valence-corrected chi connectivity index (χ3v) is 3.67. The van der Waals surface area contributed by atoms with Crippen molar-refractivity contribution in [2.24, 2.45) is 0 Å². The molecule has 1 aromatic rings. The van der Waals surface area contributed by atoms with E-state index in [0.29, 0.717) is 0 Å². The van der Waals surface area contributed by atoms with Crippen LogP contribution in [0.4, 0.5) is 5.69 Å². The van der Waals surface area contributed by atoms with E-state index < -0.39 is 0 Å². The predicted molar refractivity (Wildman–Crippen MR) is 79.4 cm³/mol. The van der Waals surface area contributed by atoms with Crippen LogP contribution >= 0.6 is 0 Å². The van der Waals surface area contributed by atoms with Crippen molar-refractivity contribution in [2.75, 3.05) is 24.5 Å². The third kappa shape index (κ3) is 3.05. The van der Waals surface area contributed by atoms with Gasteiger partial charge in [-0.2, -0.15) is 0 Å². The lowest BCUT2D eigenvalue weighted by Gasteiger charge is -2.40. The molecule has 0 aromatic heterocycles. The number of rotatable bonds is 1. The minimum atomic E-state index is 0.209. The van der Waals surface area contributed by atoms with Gasteiger partial charge in [0.05, 0.1) is 0 Å². The Morgan fingerprint density at radius 1 is 1.11 bits per heavy atom. The maximum Gasteiger partial charge on any atom is 0.0367 e. The summed E-state index contributed by atoms with van der Waals surface area (Å²) in [4.78, 5) is 2.48. The van der Waals surface area contributed by atoms with Crippen molar-refractivity contribution in [1.29, 1.82) is 0 Å². The van der Waals surface area contributed by atoms with E-state index in [1.807, 2.05) is 0 Å². The first-order valence-corrected chi connectivity index (χ1v) is 6.88. The molecule has 0 amide bonds. The van der Waals surface area contributed by atoms with E-state index in [1.54, 1.807) is 0 Å². The lowest BCUT2D eigenvalue weighted by Crippen LogP contribution is -2.57. The zero-order valence-electron chi connectivity index (χ0n) is 12.4. The molecule has 0 unspecified atom stereocenters. The van der Waals surface area contributed by atoms with E-state index in [9.17, 15) is 0 Å². The molecule has 1 aliphatic rings. The molecular formula is C16H26N2. The summed E-state index contributed by atoms with van der Waals surface area (Å²) in [6.45, 7) is 14.5. The Kier molecular flexibility index (Phi) is 3.41. The monoisotopic (exact) mass is 246 g/mol. The number of anilines is 1. The van der Waals surface area contributed by atoms with Crippen LogP contribution in [-0.2, 0) is 5.41 Å². The van der Waals surface area contributed by atoms with Crippen molar-refractivity contribution >= 4 is 5.69 Å². The van der Waals surface area contributed by atoms with Crippen LogP contribution < -0.4 is 10.2 Å². The van der Waals surface area contributed by atoms with Crippen molar-refractivity contribution in [3.8, 4) is 0 Å². The largest absolute Gasteiger partial charge is 0.368 e. The summed E-state index contributed by atoms with van der Waals surface area (Å²) in [5, 5.41) is 3.55. The van der Waals surface area contributed by atoms with Gasteiger partial charge in [-0.1, -0.05) is 32.9 Å². The van der Waals surface area contributed by atoms with E-state index in [1.165, 1.54) is 11.3 Å². The minimum absolute atomic E-state index is 0.209. The van der Waals surface area contributed by atoms with Crippen LogP contribution in [0.5, 0.6) is 0 Å². The zero-order chi connectivity index (χ0) is 13.4. The van der Waals surface area contributed by atoms with Crippen LogP contribution in [0.2, 0.25) is 0 Å². The SMILES string of the molecule is CC1(C)CN(c2ccc(C(C)(C)C)cc2)CCN1. The highest BCUT2D eigenvalue weighted by atomic mass is 15.2.